The number of ether oxygens (including phenoxy) is 4. The molecule has 0 amide bonds. The van der Waals surface area contributed by atoms with Crippen molar-refractivity contribution in [3.63, 3.8) is 0 Å². The highest BCUT2D eigenvalue weighted by Crippen LogP contribution is 2.13. The van der Waals surface area contributed by atoms with E-state index in [1.54, 1.807) is 0 Å². The number of carboxylic acids is 1. The number of carboxylic acid groups (broad SMARTS) is 1. The maximum atomic E-state index is 12.8. The van der Waals surface area contributed by atoms with Crippen molar-refractivity contribution in [2.45, 2.75) is 206 Å². The summed E-state index contributed by atoms with van der Waals surface area (Å²) in [5.74, 6) is -2.05. The molecule has 9 nitrogen and oxygen atoms in total. The summed E-state index contributed by atoms with van der Waals surface area (Å²) in [6.07, 6.45) is 57.8. The van der Waals surface area contributed by atoms with E-state index in [2.05, 4.69) is 98.9 Å². The van der Waals surface area contributed by atoms with Crippen LogP contribution in [-0.4, -0.2) is 87.4 Å². The quantitative estimate of drug-likeness (QED) is 0.0211. The zero-order chi connectivity index (χ0) is 47.7. The van der Waals surface area contributed by atoms with E-state index >= 15 is 0 Å². The number of hydrogen-bond donors (Lipinski definition) is 1. The van der Waals surface area contributed by atoms with Gasteiger partial charge in [-0.05, 0) is 89.9 Å². The predicted octanol–water partition coefficient (Wildman–Crippen LogP) is 14.4. The Balaban J connectivity index is 4.41. The Morgan fingerprint density at radius 2 is 0.877 bits per heavy atom. The van der Waals surface area contributed by atoms with Crippen molar-refractivity contribution in [2.75, 3.05) is 47.5 Å². The molecule has 0 saturated heterocycles. The molecule has 65 heavy (non-hydrogen) atoms. The summed E-state index contributed by atoms with van der Waals surface area (Å²) in [4.78, 5) is 37.3. The van der Waals surface area contributed by atoms with Crippen LogP contribution < -0.4 is 0 Å². The highest BCUT2D eigenvalue weighted by molar-refractivity contribution is 5.71. The van der Waals surface area contributed by atoms with Crippen molar-refractivity contribution in [3.05, 3.63) is 85.1 Å². The largest absolute Gasteiger partial charge is 0.477 e. The zero-order valence-electron chi connectivity index (χ0n) is 42.1. The molecule has 0 bridgehead atoms. The fourth-order valence-corrected chi connectivity index (χ4v) is 6.66. The highest BCUT2D eigenvalue weighted by Gasteiger charge is 2.25. The lowest BCUT2D eigenvalue weighted by Gasteiger charge is -2.25. The molecule has 0 rings (SSSR count). The van der Waals surface area contributed by atoms with Crippen LogP contribution in [0, 0.1) is 0 Å². The second-order valence-electron chi connectivity index (χ2n) is 18.1. The number of aliphatic carboxylic acids is 1. The number of rotatable bonds is 46. The van der Waals surface area contributed by atoms with Crippen molar-refractivity contribution in [2.24, 2.45) is 0 Å². The lowest BCUT2D eigenvalue weighted by Crippen LogP contribution is -2.40. The van der Waals surface area contributed by atoms with Gasteiger partial charge in [0.15, 0.2) is 6.10 Å². The molecule has 0 aliphatic carbocycles. The van der Waals surface area contributed by atoms with Gasteiger partial charge in [0, 0.05) is 12.8 Å². The number of carbonyl (C=O) groups is 3. The Morgan fingerprint density at radius 1 is 0.477 bits per heavy atom. The molecule has 0 fully saturated rings. The second-order valence-corrected chi connectivity index (χ2v) is 18.1. The third kappa shape index (κ3) is 48.2. The number of carbonyl (C=O) groups excluding carboxylic acids is 2. The first-order chi connectivity index (χ1) is 31.6. The number of nitrogens with zero attached hydrogens (tertiary/aromatic N) is 1. The van der Waals surface area contributed by atoms with Gasteiger partial charge in [-0.25, -0.2) is 4.79 Å². The van der Waals surface area contributed by atoms with Gasteiger partial charge in [0.1, 0.15) is 13.2 Å². The summed E-state index contributed by atoms with van der Waals surface area (Å²) < 4.78 is 22.8. The van der Waals surface area contributed by atoms with Crippen molar-refractivity contribution in [1.82, 2.24) is 0 Å². The lowest BCUT2D eigenvalue weighted by atomic mass is 10.1. The average molecular weight is 911 g/mol. The van der Waals surface area contributed by atoms with Crippen molar-refractivity contribution >= 4 is 17.9 Å². The SMILES string of the molecule is CC/C=C\C/C=C\C/C=C\C/C=C\CCCCCCCCC(=O)OC(COC(=O)CCCCCCCC/C=C\C/C=C\C/C=C\CCCCCCC)COC(OCC[N+](C)(C)C)C(=O)O. The maximum Gasteiger partial charge on any atom is 0.361 e. The van der Waals surface area contributed by atoms with E-state index in [9.17, 15) is 19.5 Å². The van der Waals surface area contributed by atoms with Crippen LogP contribution in [-0.2, 0) is 33.3 Å². The Hall–Kier alpha value is -3.53. The fraction of sp³-hybridized carbons (Fsp3) is 0.696. The minimum Gasteiger partial charge on any atom is -0.477 e. The molecule has 0 aromatic carbocycles. The first kappa shape index (κ1) is 61.5. The molecule has 2 atom stereocenters. The summed E-state index contributed by atoms with van der Waals surface area (Å²) in [6, 6.07) is 0. The van der Waals surface area contributed by atoms with Crippen LogP contribution in [0.1, 0.15) is 194 Å². The zero-order valence-corrected chi connectivity index (χ0v) is 42.1. The van der Waals surface area contributed by atoms with Crippen LogP contribution in [0.25, 0.3) is 0 Å². The van der Waals surface area contributed by atoms with Gasteiger partial charge in [0.2, 0.25) is 0 Å². The van der Waals surface area contributed by atoms with Gasteiger partial charge in [-0.3, -0.25) is 9.59 Å². The third-order valence-corrected chi connectivity index (χ3v) is 10.6. The number of allylic oxidation sites excluding steroid dienone is 14. The van der Waals surface area contributed by atoms with Crippen LogP contribution in [0.5, 0.6) is 0 Å². The van der Waals surface area contributed by atoms with Gasteiger partial charge < -0.3 is 28.5 Å². The smallest absolute Gasteiger partial charge is 0.361 e. The number of quaternary nitrogens is 1. The van der Waals surface area contributed by atoms with Crippen molar-refractivity contribution < 1.29 is 42.9 Å². The maximum absolute atomic E-state index is 12.8. The topological polar surface area (TPSA) is 108 Å². The molecule has 1 N–H and O–H groups in total. The molecule has 0 heterocycles. The third-order valence-electron chi connectivity index (χ3n) is 10.6. The van der Waals surface area contributed by atoms with Gasteiger partial charge in [-0.1, -0.05) is 176 Å². The molecule has 0 radical (unpaired) electrons. The highest BCUT2D eigenvalue weighted by atomic mass is 16.7. The first-order valence-electron chi connectivity index (χ1n) is 25.8. The average Bonchev–Trinajstić information content (AvgIpc) is 3.27. The molecule has 0 aliphatic rings. The van der Waals surface area contributed by atoms with Gasteiger partial charge in [-0.2, -0.15) is 0 Å². The number of hydrogen-bond acceptors (Lipinski definition) is 7. The van der Waals surface area contributed by atoms with E-state index in [1.807, 2.05) is 21.1 Å². The normalized spacial score (nSPS) is 13.6. The van der Waals surface area contributed by atoms with Crippen LogP contribution in [0.4, 0.5) is 0 Å². The van der Waals surface area contributed by atoms with Gasteiger partial charge in [-0.15, -0.1) is 0 Å². The first-order valence-corrected chi connectivity index (χ1v) is 25.8. The molecule has 0 spiro atoms. The summed E-state index contributed by atoms with van der Waals surface area (Å²) in [5, 5.41) is 9.67. The molecule has 0 aromatic rings. The van der Waals surface area contributed by atoms with E-state index in [0.29, 0.717) is 17.4 Å². The van der Waals surface area contributed by atoms with E-state index in [0.717, 1.165) is 109 Å². The van der Waals surface area contributed by atoms with E-state index in [-0.39, 0.29) is 38.6 Å². The molecule has 0 aliphatic heterocycles. The van der Waals surface area contributed by atoms with Crippen LogP contribution >= 0.6 is 0 Å². The Bertz CT molecular complexity index is 1340. The summed E-state index contributed by atoms with van der Waals surface area (Å²) in [7, 11) is 5.94. The molecule has 0 saturated carbocycles. The minimum absolute atomic E-state index is 0.178. The van der Waals surface area contributed by atoms with E-state index in [1.165, 1.54) is 51.4 Å². The lowest BCUT2D eigenvalue weighted by molar-refractivity contribution is -0.870. The molecule has 9 heteroatoms. The second kappa shape index (κ2) is 47.0. The fourth-order valence-electron chi connectivity index (χ4n) is 6.66. The molecular formula is C56H96NO8+. The van der Waals surface area contributed by atoms with E-state index in [4.69, 9.17) is 18.9 Å². The summed E-state index contributed by atoms with van der Waals surface area (Å²) >= 11 is 0. The molecule has 372 valence electrons. The number of unbranched alkanes of at least 4 members (excludes halogenated alkanes) is 17. The standard InChI is InChI=1S/C56H95NO8/c1-6-8-10-12-14-16-18-20-22-24-26-27-29-30-32-34-36-38-40-42-44-46-53(58)63-50-52(51-64-56(55(60)61)62-49-48-57(3,4)5)65-54(59)47-45-43-41-39-37-35-33-31-28-25-23-21-19-17-15-13-11-9-7-2/h9,11,15,17-18,20-21,23-24,26,28-31,52,56H,6-8,10,12-14,16,19,22,25,27,32-51H2,1-5H3/p+1/b11-9-,17-15-,20-18-,23-21-,26-24-,30-29-,31-28-. The molecule has 2 unspecified atom stereocenters. The van der Waals surface area contributed by atoms with Gasteiger partial charge in [0.25, 0.3) is 6.29 Å². The predicted molar refractivity (Wildman–Crippen MR) is 272 cm³/mol. The Kier molecular flexibility index (Phi) is 44.4. The van der Waals surface area contributed by atoms with E-state index < -0.39 is 24.3 Å². The summed E-state index contributed by atoms with van der Waals surface area (Å²) in [6.45, 7) is 4.70. The van der Waals surface area contributed by atoms with Gasteiger partial charge in [0.05, 0.1) is 34.4 Å². The number of likely N-dealkylation sites (N-methyl/N-ethyl adjacent to an activating group) is 1. The van der Waals surface area contributed by atoms with Crippen molar-refractivity contribution in [1.29, 1.82) is 0 Å². The van der Waals surface area contributed by atoms with Crippen LogP contribution in [0.15, 0.2) is 85.1 Å². The van der Waals surface area contributed by atoms with Crippen molar-refractivity contribution in [3.8, 4) is 0 Å². The molecule has 0 aromatic heterocycles. The van der Waals surface area contributed by atoms with Crippen LogP contribution in [0.3, 0.4) is 0 Å². The Labute approximate surface area is 398 Å². The van der Waals surface area contributed by atoms with Gasteiger partial charge >= 0.3 is 17.9 Å². The molecular weight excluding hydrogens is 815 g/mol. The Morgan fingerprint density at radius 3 is 1.31 bits per heavy atom. The minimum atomic E-state index is -1.52. The van der Waals surface area contributed by atoms with Crippen LogP contribution in [0.2, 0.25) is 0 Å². The number of esters is 2. The summed E-state index contributed by atoms with van der Waals surface area (Å²) in [5.41, 5.74) is 0. The monoisotopic (exact) mass is 911 g/mol.